The highest BCUT2D eigenvalue weighted by Gasteiger charge is 2.18. The van der Waals surface area contributed by atoms with Crippen LogP contribution in [0.4, 0.5) is 17.2 Å². The smallest absolute Gasteiger partial charge is 0.262 e. The number of hydrogen-bond acceptors (Lipinski definition) is 4. The zero-order valence-electron chi connectivity index (χ0n) is 15.9. The molecule has 0 saturated carbocycles. The first-order valence-electron chi connectivity index (χ1n) is 9.50. The summed E-state index contributed by atoms with van der Waals surface area (Å²) in [4.78, 5) is 18.9. The second-order valence-electron chi connectivity index (χ2n) is 6.94. The van der Waals surface area contributed by atoms with Crippen molar-refractivity contribution < 1.29 is 9.53 Å². The number of para-hydroxylation sites is 1. The van der Waals surface area contributed by atoms with Crippen LogP contribution in [-0.4, -0.2) is 24.0 Å². The Hall–Kier alpha value is -3.34. The summed E-state index contributed by atoms with van der Waals surface area (Å²) in [5.74, 6) is 1.36. The van der Waals surface area contributed by atoms with Crippen LogP contribution < -0.4 is 15.0 Å². The minimum absolute atomic E-state index is 0.0374. The number of amides is 1. The van der Waals surface area contributed by atoms with Gasteiger partial charge in [-0.25, -0.2) is 4.98 Å². The normalized spacial score (nSPS) is 13.0. The molecule has 5 nitrogen and oxygen atoms in total. The van der Waals surface area contributed by atoms with Crippen LogP contribution in [0.5, 0.6) is 5.75 Å². The number of aromatic nitrogens is 1. The van der Waals surface area contributed by atoms with E-state index in [1.54, 1.807) is 6.20 Å². The summed E-state index contributed by atoms with van der Waals surface area (Å²) in [6, 6.07) is 19.9. The van der Waals surface area contributed by atoms with Crippen LogP contribution in [0.15, 0.2) is 66.9 Å². The second-order valence-corrected chi connectivity index (χ2v) is 6.94. The number of fused-ring (bicyclic) bond motifs is 1. The van der Waals surface area contributed by atoms with Gasteiger partial charge < -0.3 is 15.0 Å². The van der Waals surface area contributed by atoms with Gasteiger partial charge in [0.2, 0.25) is 0 Å². The first-order chi connectivity index (χ1) is 13.7. The summed E-state index contributed by atoms with van der Waals surface area (Å²) < 4.78 is 5.51. The molecule has 5 heteroatoms. The molecule has 2 heterocycles. The maximum Gasteiger partial charge on any atom is 0.262 e. The molecule has 4 rings (SSSR count). The van der Waals surface area contributed by atoms with Crippen LogP contribution in [0.2, 0.25) is 0 Å². The Morgan fingerprint density at radius 2 is 1.93 bits per heavy atom. The number of ether oxygens (including phenoxy) is 1. The molecule has 0 radical (unpaired) electrons. The van der Waals surface area contributed by atoms with Crippen molar-refractivity contribution in [2.75, 3.05) is 23.4 Å². The van der Waals surface area contributed by atoms with E-state index in [1.165, 1.54) is 11.3 Å². The highest BCUT2D eigenvalue weighted by molar-refractivity contribution is 5.91. The van der Waals surface area contributed by atoms with Crippen LogP contribution in [-0.2, 0) is 11.2 Å². The zero-order valence-corrected chi connectivity index (χ0v) is 15.9. The van der Waals surface area contributed by atoms with Crippen molar-refractivity contribution in [3.05, 3.63) is 78.0 Å². The van der Waals surface area contributed by atoms with E-state index in [0.29, 0.717) is 11.4 Å². The fraction of sp³-hybridized carbons (Fsp3) is 0.217. The quantitative estimate of drug-likeness (QED) is 0.716. The third-order valence-corrected chi connectivity index (χ3v) is 4.81. The van der Waals surface area contributed by atoms with Crippen molar-refractivity contribution in [3.8, 4) is 5.75 Å². The minimum Gasteiger partial charge on any atom is -0.484 e. The Balaban J connectivity index is 1.37. The van der Waals surface area contributed by atoms with E-state index >= 15 is 0 Å². The van der Waals surface area contributed by atoms with Crippen molar-refractivity contribution in [3.63, 3.8) is 0 Å². The molecule has 1 aliphatic heterocycles. The Bertz CT molecular complexity index is 952. The number of nitrogens with one attached hydrogen (secondary N) is 1. The Labute approximate surface area is 165 Å². The standard InChI is InChI=1S/C23H23N3O2/c1-17-8-11-20(12-9-17)28-16-23(27)25-19-10-13-22(24-15-19)26-14-4-6-18-5-2-3-7-21(18)26/h2-3,5,7-13,15H,4,6,14,16H2,1H3,(H,25,27). The molecular weight excluding hydrogens is 350 g/mol. The Morgan fingerprint density at radius 1 is 1.11 bits per heavy atom. The largest absolute Gasteiger partial charge is 0.484 e. The molecule has 2 aromatic carbocycles. The molecule has 0 spiro atoms. The number of nitrogens with zero attached hydrogens (tertiary/aromatic N) is 2. The van der Waals surface area contributed by atoms with Crippen LogP contribution in [0.1, 0.15) is 17.5 Å². The summed E-state index contributed by atoms with van der Waals surface area (Å²) in [5.41, 5.74) is 4.37. The molecule has 0 fully saturated rings. The van der Waals surface area contributed by atoms with E-state index in [2.05, 4.69) is 39.5 Å². The fourth-order valence-corrected chi connectivity index (χ4v) is 3.37. The van der Waals surface area contributed by atoms with E-state index in [0.717, 1.165) is 30.8 Å². The number of carbonyl (C=O) groups excluding carboxylic acids is 1. The van der Waals surface area contributed by atoms with Crippen molar-refractivity contribution in [2.45, 2.75) is 19.8 Å². The maximum atomic E-state index is 12.1. The zero-order chi connectivity index (χ0) is 19.3. The van der Waals surface area contributed by atoms with Crippen molar-refractivity contribution in [1.82, 2.24) is 4.98 Å². The number of pyridine rings is 1. The molecule has 3 aromatic rings. The molecule has 28 heavy (non-hydrogen) atoms. The number of carbonyl (C=O) groups is 1. The van der Waals surface area contributed by atoms with Gasteiger partial charge in [0.05, 0.1) is 11.9 Å². The van der Waals surface area contributed by atoms with Gasteiger partial charge in [0.15, 0.2) is 6.61 Å². The number of benzene rings is 2. The predicted octanol–water partition coefficient (Wildman–Crippen LogP) is 4.49. The van der Waals surface area contributed by atoms with Gasteiger partial charge in [-0.1, -0.05) is 35.9 Å². The summed E-state index contributed by atoms with van der Waals surface area (Å²) in [7, 11) is 0. The molecule has 1 aromatic heterocycles. The lowest BCUT2D eigenvalue weighted by Gasteiger charge is -2.30. The molecule has 0 saturated heterocycles. The average molecular weight is 373 g/mol. The van der Waals surface area contributed by atoms with Crippen molar-refractivity contribution in [1.29, 1.82) is 0 Å². The van der Waals surface area contributed by atoms with Gasteiger partial charge in [-0.05, 0) is 55.7 Å². The molecule has 0 unspecified atom stereocenters. The lowest BCUT2D eigenvalue weighted by Crippen LogP contribution is -2.25. The predicted molar refractivity (Wildman–Crippen MR) is 111 cm³/mol. The molecule has 1 N–H and O–H groups in total. The molecule has 0 atom stereocenters. The summed E-state index contributed by atoms with van der Waals surface area (Å²) in [6.07, 6.45) is 3.89. The Kier molecular flexibility index (Phi) is 5.24. The Morgan fingerprint density at radius 3 is 2.71 bits per heavy atom. The van der Waals surface area contributed by atoms with Gasteiger partial charge in [-0.3, -0.25) is 4.79 Å². The number of hydrogen-bond donors (Lipinski definition) is 1. The number of rotatable bonds is 5. The topological polar surface area (TPSA) is 54.5 Å². The van der Waals surface area contributed by atoms with E-state index in [1.807, 2.05) is 43.3 Å². The monoisotopic (exact) mass is 373 g/mol. The first-order valence-corrected chi connectivity index (χ1v) is 9.50. The third-order valence-electron chi connectivity index (χ3n) is 4.81. The van der Waals surface area contributed by atoms with Crippen LogP contribution in [0.3, 0.4) is 0 Å². The molecular formula is C23H23N3O2. The van der Waals surface area contributed by atoms with Crippen LogP contribution in [0, 0.1) is 6.92 Å². The van der Waals surface area contributed by atoms with Crippen LogP contribution >= 0.6 is 0 Å². The maximum absolute atomic E-state index is 12.1. The van der Waals surface area contributed by atoms with E-state index in [4.69, 9.17) is 4.74 Å². The second kappa shape index (κ2) is 8.13. The van der Waals surface area contributed by atoms with Gasteiger partial charge in [-0.2, -0.15) is 0 Å². The first kappa shape index (κ1) is 18.0. The molecule has 1 amide bonds. The number of aryl methyl sites for hydroxylation is 2. The molecule has 0 aliphatic carbocycles. The molecule has 0 bridgehead atoms. The van der Waals surface area contributed by atoms with Crippen LogP contribution in [0.25, 0.3) is 0 Å². The van der Waals surface area contributed by atoms with Gasteiger partial charge in [0.1, 0.15) is 11.6 Å². The average Bonchev–Trinajstić information content (AvgIpc) is 2.73. The van der Waals surface area contributed by atoms with Gasteiger partial charge in [-0.15, -0.1) is 0 Å². The summed E-state index contributed by atoms with van der Waals surface area (Å²) in [5, 5.41) is 2.83. The minimum atomic E-state index is -0.210. The fourth-order valence-electron chi connectivity index (χ4n) is 3.37. The van der Waals surface area contributed by atoms with Gasteiger partial charge in [0, 0.05) is 12.2 Å². The lowest BCUT2D eigenvalue weighted by molar-refractivity contribution is -0.118. The van der Waals surface area contributed by atoms with E-state index in [9.17, 15) is 4.79 Å². The summed E-state index contributed by atoms with van der Waals surface area (Å²) >= 11 is 0. The van der Waals surface area contributed by atoms with Gasteiger partial charge in [0.25, 0.3) is 5.91 Å². The highest BCUT2D eigenvalue weighted by atomic mass is 16.5. The van der Waals surface area contributed by atoms with Crippen molar-refractivity contribution in [2.24, 2.45) is 0 Å². The molecule has 1 aliphatic rings. The van der Waals surface area contributed by atoms with E-state index < -0.39 is 0 Å². The van der Waals surface area contributed by atoms with E-state index in [-0.39, 0.29) is 12.5 Å². The molecule has 142 valence electrons. The van der Waals surface area contributed by atoms with Gasteiger partial charge >= 0.3 is 0 Å². The lowest BCUT2D eigenvalue weighted by atomic mass is 10.0. The SMILES string of the molecule is Cc1ccc(OCC(=O)Nc2ccc(N3CCCc4ccccc43)nc2)cc1. The highest BCUT2D eigenvalue weighted by Crippen LogP contribution is 2.32. The number of anilines is 3. The summed E-state index contributed by atoms with van der Waals surface area (Å²) in [6.45, 7) is 2.92. The van der Waals surface area contributed by atoms with Crippen molar-refractivity contribution >= 4 is 23.1 Å². The third kappa shape index (κ3) is 4.14.